The first-order valence-electron chi connectivity index (χ1n) is 10.6. The fourth-order valence-electron chi connectivity index (χ4n) is 6.34. The number of nitrogens with zero attached hydrogens (tertiary/aromatic N) is 3. The smallest absolute Gasteiger partial charge is 0.274 e. The highest BCUT2D eigenvalue weighted by molar-refractivity contribution is 5.95. The van der Waals surface area contributed by atoms with Crippen LogP contribution < -0.4 is 0 Å². The fraction of sp³-hybridized carbons (Fsp3) is 0.545. The van der Waals surface area contributed by atoms with Crippen molar-refractivity contribution >= 4 is 5.91 Å². The summed E-state index contributed by atoms with van der Waals surface area (Å²) in [5.74, 6) is 1.23. The molecular formula is C22H26N4O2. The number of aromatic hydroxyl groups is 1. The molecule has 5 aliphatic rings. The zero-order valence-corrected chi connectivity index (χ0v) is 16.0. The van der Waals surface area contributed by atoms with Crippen LogP contribution in [-0.4, -0.2) is 62.7 Å². The van der Waals surface area contributed by atoms with Gasteiger partial charge in [-0.25, -0.2) is 0 Å². The van der Waals surface area contributed by atoms with E-state index in [2.05, 4.69) is 26.1 Å². The summed E-state index contributed by atoms with van der Waals surface area (Å²) in [4.78, 5) is 18.3. The summed E-state index contributed by atoms with van der Waals surface area (Å²) in [6.45, 7) is 2.97. The van der Waals surface area contributed by atoms with Crippen molar-refractivity contribution < 1.29 is 9.90 Å². The number of rotatable bonds is 2. The molecule has 0 radical (unpaired) electrons. The molecule has 4 fully saturated rings. The summed E-state index contributed by atoms with van der Waals surface area (Å²) in [5, 5.41) is 17.6. The second-order valence-electron chi connectivity index (χ2n) is 8.90. The Morgan fingerprint density at radius 1 is 1.18 bits per heavy atom. The number of piperidine rings is 3. The summed E-state index contributed by atoms with van der Waals surface area (Å²) in [7, 11) is 0. The third kappa shape index (κ3) is 2.30. The topological polar surface area (TPSA) is 72.5 Å². The number of phenols is 1. The van der Waals surface area contributed by atoms with Gasteiger partial charge in [0.25, 0.3) is 5.91 Å². The van der Waals surface area contributed by atoms with E-state index in [1.807, 2.05) is 12.1 Å². The number of hydrogen-bond donors (Lipinski definition) is 2. The molecule has 1 aromatic carbocycles. The molecule has 5 heterocycles. The van der Waals surface area contributed by atoms with Gasteiger partial charge in [-0.15, -0.1) is 0 Å². The van der Waals surface area contributed by atoms with Gasteiger partial charge in [0.1, 0.15) is 5.75 Å². The van der Waals surface area contributed by atoms with Crippen molar-refractivity contribution in [2.75, 3.05) is 19.6 Å². The summed E-state index contributed by atoms with van der Waals surface area (Å²) < 4.78 is 0. The van der Waals surface area contributed by atoms with Crippen molar-refractivity contribution in [3.63, 3.8) is 0 Å². The highest BCUT2D eigenvalue weighted by Gasteiger charge is 2.55. The summed E-state index contributed by atoms with van der Waals surface area (Å²) in [6.07, 6.45) is 5.43. The molecule has 4 aliphatic heterocycles. The van der Waals surface area contributed by atoms with Crippen LogP contribution in [0.5, 0.6) is 5.75 Å². The van der Waals surface area contributed by atoms with Gasteiger partial charge in [-0.05, 0) is 68.8 Å². The molecule has 2 aromatic rings. The molecule has 1 aromatic heterocycles. The van der Waals surface area contributed by atoms with Crippen molar-refractivity contribution in [2.24, 2.45) is 5.92 Å². The van der Waals surface area contributed by atoms with Gasteiger partial charge in [0, 0.05) is 29.8 Å². The Kier molecular flexibility index (Phi) is 3.60. The minimum Gasteiger partial charge on any atom is -0.508 e. The quantitative estimate of drug-likeness (QED) is 0.841. The number of likely N-dealkylation sites (tertiary alicyclic amines) is 1. The van der Waals surface area contributed by atoms with Gasteiger partial charge in [-0.2, -0.15) is 5.10 Å². The van der Waals surface area contributed by atoms with Crippen molar-refractivity contribution in [1.82, 2.24) is 20.0 Å². The SMILES string of the molecule is O=C(c1n[nH]c2c1CCC2)N1C[C@@H](c2cccc(O)c2)[C@@H]2[C@H]1C1CCN2CC1. The molecule has 2 N–H and O–H groups in total. The average molecular weight is 378 g/mol. The number of benzene rings is 1. The molecule has 1 amide bonds. The third-order valence-corrected chi connectivity index (χ3v) is 7.56. The molecule has 6 heteroatoms. The number of aromatic amines is 1. The predicted octanol–water partition coefficient (Wildman–Crippen LogP) is 2.31. The van der Waals surface area contributed by atoms with E-state index in [1.54, 1.807) is 6.07 Å². The van der Waals surface area contributed by atoms with Gasteiger partial charge in [0.05, 0.1) is 6.04 Å². The van der Waals surface area contributed by atoms with Gasteiger partial charge in [0.2, 0.25) is 0 Å². The van der Waals surface area contributed by atoms with Gasteiger partial charge in [-0.1, -0.05) is 12.1 Å². The van der Waals surface area contributed by atoms with Gasteiger partial charge in [0.15, 0.2) is 5.69 Å². The standard InChI is InChI=1S/C22H26N4O2/c27-15-4-1-3-14(11-15)17-12-26(20-13-7-9-25(10-8-13)21(17)20)22(28)19-16-5-2-6-18(16)23-24-19/h1,3-4,11,13,17,20-21,27H,2,5-10,12H2,(H,23,24)/t17-,20+,21+/m0/s1. The lowest BCUT2D eigenvalue weighted by molar-refractivity contribution is -0.00362. The van der Waals surface area contributed by atoms with Crippen molar-refractivity contribution in [3.8, 4) is 5.75 Å². The highest BCUT2D eigenvalue weighted by Crippen LogP contribution is 2.47. The Bertz CT molecular complexity index is 930. The molecule has 0 saturated carbocycles. The number of hydrogen-bond acceptors (Lipinski definition) is 4. The lowest BCUT2D eigenvalue weighted by atomic mass is 9.75. The Labute approximate surface area is 164 Å². The van der Waals surface area contributed by atoms with E-state index in [0.29, 0.717) is 29.9 Å². The first kappa shape index (κ1) is 16.6. The maximum absolute atomic E-state index is 13.6. The number of carbonyl (C=O) groups is 1. The zero-order chi connectivity index (χ0) is 18.8. The second-order valence-corrected chi connectivity index (χ2v) is 8.90. The lowest BCUT2D eigenvalue weighted by Gasteiger charge is -2.51. The van der Waals surface area contributed by atoms with E-state index in [-0.39, 0.29) is 17.9 Å². The minimum absolute atomic E-state index is 0.103. The average Bonchev–Trinajstić information content (AvgIpc) is 3.43. The summed E-state index contributed by atoms with van der Waals surface area (Å²) in [5.41, 5.74) is 4.09. The minimum atomic E-state index is 0.103. The lowest BCUT2D eigenvalue weighted by Crippen LogP contribution is -2.60. The van der Waals surface area contributed by atoms with Gasteiger partial charge in [-0.3, -0.25) is 14.8 Å². The molecule has 1 aliphatic carbocycles. The predicted molar refractivity (Wildman–Crippen MR) is 104 cm³/mol. The van der Waals surface area contributed by atoms with Crippen LogP contribution in [0.2, 0.25) is 0 Å². The first-order valence-corrected chi connectivity index (χ1v) is 10.6. The van der Waals surface area contributed by atoms with Crippen LogP contribution in [0.1, 0.15) is 52.5 Å². The number of phenolic OH excluding ortho intramolecular Hbond substituents is 1. The molecule has 4 saturated heterocycles. The highest BCUT2D eigenvalue weighted by atomic mass is 16.3. The van der Waals surface area contributed by atoms with Crippen LogP contribution in [0.4, 0.5) is 0 Å². The number of fused-ring (bicyclic) bond motifs is 3. The monoisotopic (exact) mass is 378 g/mol. The number of amides is 1. The van der Waals surface area contributed by atoms with Crippen molar-refractivity contribution in [2.45, 2.75) is 50.1 Å². The Morgan fingerprint density at radius 3 is 2.86 bits per heavy atom. The molecule has 6 nitrogen and oxygen atoms in total. The van der Waals surface area contributed by atoms with E-state index in [0.717, 1.165) is 49.2 Å². The van der Waals surface area contributed by atoms with Crippen LogP contribution in [-0.2, 0) is 12.8 Å². The van der Waals surface area contributed by atoms with E-state index >= 15 is 0 Å². The maximum Gasteiger partial charge on any atom is 0.274 e. The Balaban J connectivity index is 1.39. The number of H-pyrrole nitrogens is 1. The van der Waals surface area contributed by atoms with E-state index < -0.39 is 0 Å². The second kappa shape index (κ2) is 6.08. The van der Waals surface area contributed by atoms with Crippen molar-refractivity contribution in [3.05, 3.63) is 46.8 Å². The molecule has 2 bridgehead atoms. The Hall–Kier alpha value is -2.34. The fourth-order valence-corrected chi connectivity index (χ4v) is 6.34. The molecule has 3 atom stereocenters. The first-order chi connectivity index (χ1) is 13.7. The molecule has 0 unspecified atom stereocenters. The molecule has 7 rings (SSSR count). The molecule has 0 spiro atoms. The third-order valence-electron chi connectivity index (χ3n) is 7.56. The maximum atomic E-state index is 13.6. The summed E-state index contributed by atoms with van der Waals surface area (Å²) in [6, 6.07) is 8.23. The van der Waals surface area contributed by atoms with Gasteiger partial charge < -0.3 is 10.0 Å². The number of carbonyl (C=O) groups excluding carboxylic acids is 1. The number of aryl methyl sites for hydroxylation is 1. The van der Waals surface area contributed by atoms with Gasteiger partial charge >= 0.3 is 0 Å². The van der Waals surface area contributed by atoms with E-state index in [4.69, 9.17) is 0 Å². The zero-order valence-electron chi connectivity index (χ0n) is 16.0. The van der Waals surface area contributed by atoms with Crippen LogP contribution in [0.15, 0.2) is 24.3 Å². The van der Waals surface area contributed by atoms with Crippen LogP contribution >= 0.6 is 0 Å². The van der Waals surface area contributed by atoms with E-state index in [9.17, 15) is 9.90 Å². The number of aromatic nitrogens is 2. The largest absolute Gasteiger partial charge is 0.508 e. The van der Waals surface area contributed by atoms with Crippen LogP contribution in [0.3, 0.4) is 0 Å². The van der Waals surface area contributed by atoms with Crippen LogP contribution in [0, 0.1) is 5.92 Å². The van der Waals surface area contributed by atoms with Crippen LogP contribution in [0.25, 0.3) is 0 Å². The molecular weight excluding hydrogens is 352 g/mol. The normalized spacial score (nSPS) is 33.1. The molecule has 28 heavy (non-hydrogen) atoms. The Morgan fingerprint density at radius 2 is 2.04 bits per heavy atom. The van der Waals surface area contributed by atoms with E-state index in [1.165, 1.54) is 12.8 Å². The number of nitrogens with one attached hydrogen (secondary N) is 1. The molecule has 146 valence electrons. The van der Waals surface area contributed by atoms with Crippen molar-refractivity contribution in [1.29, 1.82) is 0 Å². The summed E-state index contributed by atoms with van der Waals surface area (Å²) >= 11 is 0.